The van der Waals surface area contributed by atoms with Gasteiger partial charge in [-0.25, -0.2) is 26.3 Å². The van der Waals surface area contributed by atoms with Gasteiger partial charge in [0.2, 0.25) is 20.0 Å². The van der Waals surface area contributed by atoms with Gasteiger partial charge >= 0.3 is 0 Å². The smallest absolute Gasteiger partial charge is 0.279 e. The molecule has 13 nitrogen and oxygen atoms in total. The summed E-state index contributed by atoms with van der Waals surface area (Å²) < 4.78 is 58.1. The molecule has 226 valence electrons. The van der Waals surface area contributed by atoms with Gasteiger partial charge in [-0.15, -0.1) is 0 Å². The number of ketones is 1. The highest BCUT2D eigenvalue weighted by molar-refractivity contribution is 7.89. The van der Waals surface area contributed by atoms with Crippen molar-refractivity contribution in [1.29, 1.82) is 0 Å². The number of carbonyl (C=O) groups is 1. The second kappa shape index (κ2) is 11.3. The van der Waals surface area contributed by atoms with E-state index in [-0.39, 0.29) is 0 Å². The van der Waals surface area contributed by atoms with E-state index < -0.39 is 91.2 Å². The fourth-order valence-electron chi connectivity index (χ4n) is 5.05. The van der Waals surface area contributed by atoms with Gasteiger partial charge in [-0.05, 0) is 37.1 Å². The SMILES string of the molecule is C[C@@H](NS(=O)(=O)c1cc2c(c([N+](=O)[O-])c1)-c1c(cc(S(=O)(=O)N[C@H](C)c3ccccc3)cc1[N+](=O)[O-])C2=O)c1ccccc1. The van der Waals surface area contributed by atoms with Crippen LogP contribution in [-0.2, 0) is 20.0 Å². The average Bonchev–Trinajstić information content (AvgIpc) is 3.28. The van der Waals surface area contributed by atoms with E-state index in [1.165, 1.54) is 0 Å². The summed E-state index contributed by atoms with van der Waals surface area (Å²) in [7, 11) is -8.88. The summed E-state index contributed by atoms with van der Waals surface area (Å²) in [5, 5.41) is 24.3. The van der Waals surface area contributed by atoms with E-state index in [0.29, 0.717) is 11.1 Å². The molecular weight excluding hydrogens is 612 g/mol. The van der Waals surface area contributed by atoms with Crippen LogP contribution in [0.2, 0.25) is 0 Å². The standard InChI is InChI=1S/C29H24N4O9S2/c1-17(19-9-5-3-6-10-19)30-43(39,40)21-13-23-27(25(15-21)32(35)36)28-24(29(23)34)14-22(16-26(28)33(37)38)44(41,42)31-18(2)20-11-7-4-8-12-20/h3-18,30-31H,1-2H3/t17-,18-/m1/s1. The minimum absolute atomic E-state index is 0.466. The number of benzene rings is 4. The lowest BCUT2D eigenvalue weighted by Gasteiger charge is -2.15. The number of nitrogens with one attached hydrogen (secondary N) is 2. The number of hydrogen-bond donors (Lipinski definition) is 2. The maximum atomic E-state index is 13.6. The second-order valence-electron chi connectivity index (χ2n) is 10.1. The Hall–Kier alpha value is -4.83. The lowest BCUT2D eigenvalue weighted by atomic mass is 10.0. The lowest BCUT2D eigenvalue weighted by molar-refractivity contribution is -0.386. The molecule has 0 amide bonds. The normalized spacial score (nSPS) is 14.0. The zero-order chi connectivity index (χ0) is 32.0. The van der Waals surface area contributed by atoms with Gasteiger partial charge in [0.1, 0.15) is 0 Å². The number of nitro groups is 2. The van der Waals surface area contributed by atoms with Crippen molar-refractivity contribution < 1.29 is 31.5 Å². The summed E-state index contributed by atoms with van der Waals surface area (Å²) in [6.45, 7) is 3.13. The number of nitro benzene ring substituents is 2. The van der Waals surface area contributed by atoms with Gasteiger partial charge in [-0.2, -0.15) is 0 Å². The summed E-state index contributed by atoms with van der Waals surface area (Å²) in [4.78, 5) is 34.8. The third-order valence-electron chi connectivity index (χ3n) is 7.20. The van der Waals surface area contributed by atoms with E-state index in [0.717, 1.165) is 24.3 Å². The van der Waals surface area contributed by atoms with Gasteiger partial charge in [0, 0.05) is 35.3 Å². The van der Waals surface area contributed by atoms with Gasteiger partial charge < -0.3 is 0 Å². The third-order valence-corrected chi connectivity index (χ3v) is 10.2. The predicted molar refractivity (Wildman–Crippen MR) is 159 cm³/mol. The van der Waals surface area contributed by atoms with Gasteiger partial charge in [0.05, 0.1) is 30.8 Å². The first-order chi connectivity index (χ1) is 20.7. The van der Waals surface area contributed by atoms with E-state index in [2.05, 4.69) is 9.44 Å². The van der Waals surface area contributed by atoms with Gasteiger partial charge in [0.25, 0.3) is 11.4 Å². The van der Waals surface area contributed by atoms with Crippen LogP contribution in [0.4, 0.5) is 11.4 Å². The zero-order valence-electron chi connectivity index (χ0n) is 23.1. The zero-order valence-corrected chi connectivity index (χ0v) is 24.8. The predicted octanol–water partition coefficient (Wildman–Crippen LogP) is 4.79. The molecule has 15 heteroatoms. The molecule has 2 atom stereocenters. The van der Waals surface area contributed by atoms with Crippen LogP contribution < -0.4 is 9.44 Å². The molecule has 0 spiro atoms. The maximum absolute atomic E-state index is 13.6. The molecule has 2 N–H and O–H groups in total. The van der Waals surface area contributed by atoms with E-state index in [1.54, 1.807) is 74.5 Å². The Labute approximate surface area is 252 Å². The number of fused-ring (bicyclic) bond motifs is 3. The molecule has 0 saturated carbocycles. The summed E-state index contributed by atoms with van der Waals surface area (Å²) >= 11 is 0. The van der Waals surface area contributed by atoms with E-state index in [9.17, 15) is 41.9 Å². The van der Waals surface area contributed by atoms with Gasteiger partial charge in [-0.1, -0.05) is 60.7 Å². The Morgan fingerprint density at radius 2 is 0.955 bits per heavy atom. The Morgan fingerprint density at radius 1 is 0.614 bits per heavy atom. The van der Waals surface area contributed by atoms with Crippen molar-refractivity contribution in [2.24, 2.45) is 0 Å². The molecule has 4 aromatic rings. The minimum Gasteiger partial charge on any atom is -0.289 e. The third kappa shape index (κ3) is 5.60. The van der Waals surface area contributed by atoms with Crippen molar-refractivity contribution in [3.05, 3.63) is 127 Å². The maximum Gasteiger partial charge on any atom is 0.279 e. The van der Waals surface area contributed by atoms with Crippen LogP contribution >= 0.6 is 0 Å². The average molecular weight is 637 g/mol. The first-order valence-corrected chi connectivity index (χ1v) is 16.0. The van der Waals surface area contributed by atoms with Crippen LogP contribution in [0.1, 0.15) is 53.0 Å². The highest BCUT2D eigenvalue weighted by Gasteiger charge is 2.42. The molecule has 0 aliphatic heterocycles. The Morgan fingerprint density at radius 3 is 1.27 bits per heavy atom. The molecular formula is C29H24N4O9S2. The van der Waals surface area contributed by atoms with Crippen molar-refractivity contribution in [1.82, 2.24) is 9.44 Å². The second-order valence-corrected chi connectivity index (χ2v) is 13.5. The summed E-state index contributed by atoms with van der Waals surface area (Å²) in [6.07, 6.45) is 0. The van der Waals surface area contributed by atoms with E-state index in [1.807, 2.05) is 0 Å². The summed E-state index contributed by atoms with van der Waals surface area (Å²) in [5.74, 6) is -0.998. The number of carbonyl (C=O) groups excluding carboxylic acids is 1. The van der Waals surface area contributed by atoms with E-state index >= 15 is 0 Å². The molecule has 1 aliphatic carbocycles. The van der Waals surface area contributed by atoms with Crippen LogP contribution in [0, 0.1) is 20.2 Å². The fraction of sp³-hybridized carbons (Fsp3) is 0.138. The highest BCUT2D eigenvalue weighted by atomic mass is 32.2. The van der Waals surface area contributed by atoms with Crippen molar-refractivity contribution in [3.63, 3.8) is 0 Å². The van der Waals surface area contributed by atoms with E-state index in [4.69, 9.17) is 0 Å². The molecule has 0 radical (unpaired) electrons. The van der Waals surface area contributed by atoms with Crippen molar-refractivity contribution in [2.45, 2.75) is 35.7 Å². The largest absolute Gasteiger partial charge is 0.289 e. The first kappa shape index (κ1) is 30.6. The van der Waals surface area contributed by atoms with Crippen molar-refractivity contribution in [2.75, 3.05) is 0 Å². The molecule has 44 heavy (non-hydrogen) atoms. The lowest BCUT2D eigenvalue weighted by Crippen LogP contribution is -2.27. The van der Waals surface area contributed by atoms with Crippen LogP contribution in [-0.4, -0.2) is 32.5 Å². The van der Waals surface area contributed by atoms with Gasteiger partial charge in [-0.3, -0.25) is 25.0 Å². The first-order valence-electron chi connectivity index (χ1n) is 13.1. The number of hydrogen-bond acceptors (Lipinski definition) is 9. The van der Waals surface area contributed by atoms with Crippen LogP contribution in [0.5, 0.6) is 0 Å². The molecule has 0 unspecified atom stereocenters. The summed E-state index contributed by atoms with van der Waals surface area (Å²) in [5.41, 5.74) is -2.41. The highest BCUT2D eigenvalue weighted by Crippen LogP contribution is 2.49. The Bertz CT molecular complexity index is 1900. The molecule has 0 saturated heterocycles. The summed E-state index contributed by atoms with van der Waals surface area (Å²) in [6, 6.07) is 18.8. The Balaban J connectivity index is 1.61. The minimum atomic E-state index is -4.44. The van der Waals surface area contributed by atoms with Crippen LogP contribution in [0.15, 0.2) is 94.7 Å². The number of rotatable bonds is 10. The quantitative estimate of drug-likeness (QED) is 0.160. The number of nitrogens with zero attached hydrogens (tertiary/aromatic N) is 2. The monoisotopic (exact) mass is 636 g/mol. The molecule has 0 aromatic heterocycles. The topological polar surface area (TPSA) is 196 Å². The molecule has 0 heterocycles. The Kier molecular flexibility index (Phi) is 7.90. The molecule has 0 bridgehead atoms. The fourth-order valence-corrected chi connectivity index (χ4v) is 7.60. The van der Waals surface area contributed by atoms with Crippen molar-refractivity contribution >= 4 is 37.2 Å². The van der Waals surface area contributed by atoms with Gasteiger partial charge in [0.15, 0.2) is 5.78 Å². The van der Waals surface area contributed by atoms with Crippen molar-refractivity contribution in [3.8, 4) is 11.1 Å². The molecule has 1 aliphatic rings. The van der Waals surface area contributed by atoms with Crippen LogP contribution in [0.25, 0.3) is 11.1 Å². The molecule has 4 aromatic carbocycles. The molecule has 5 rings (SSSR count). The number of sulfonamides is 2. The van der Waals surface area contributed by atoms with Crippen LogP contribution in [0.3, 0.4) is 0 Å². The molecule has 0 fully saturated rings.